The molecule has 1 aliphatic heterocycles. The molecule has 0 radical (unpaired) electrons. The molecule has 3 atom stereocenters. The molecule has 8 nitrogen and oxygen atoms in total. The van der Waals surface area contributed by atoms with Crippen molar-refractivity contribution in [1.29, 1.82) is 0 Å². The quantitative estimate of drug-likeness (QED) is 0.196. The second-order valence-electron chi connectivity index (χ2n) is 11.2. The summed E-state index contributed by atoms with van der Waals surface area (Å²) in [5.74, 6) is -0.917. The third-order valence-electron chi connectivity index (χ3n) is 8.04. The van der Waals surface area contributed by atoms with Gasteiger partial charge in [-0.15, -0.1) is 6.58 Å². The van der Waals surface area contributed by atoms with Crippen molar-refractivity contribution in [3.8, 4) is 0 Å². The molecular weight excluding hydrogens is 520 g/mol. The van der Waals surface area contributed by atoms with Gasteiger partial charge in [0.1, 0.15) is 0 Å². The largest absolute Gasteiger partial charge is 0.481 e. The number of amides is 1. The van der Waals surface area contributed by atoms with Gasteiger partial charge in [0.2, 0.25) is 5.91 Å². The summed E-state index contributed by atoms with van der Waals surface area (Å²) < 4.78 is 13.1. The summed E-state index contributed by atoms with van der Waals surface area (Å²) in [5.41, 5.74) is 3.83. The van der Waals surface area contributed by atoms with Crippen LogP contribution in [0.3, 0.4) is 0 Å². The average Bonchev–Trinajstić information content (AvgIpc) is 3.53. The van der Waals surface area contributed by atoms with E-state index in [9.17, 15) is 14.7 Å². The normalized spacial score (nSPS) is 21.2. The Balaban J connectivity index is 1.41. The van der Waals surface area contributed by atoms with Gasteiger partial charge >= 0.3 is 5.97 Å². The van der Waals surface area contributed by atoms with Crippen molar-refractivity contribution in [3.05, 3.63) is 83.4 Å². The van der Waals surface area contributed by atoms with E-state index >= 15 is 0 Å². The number of nitrogens with one attached hydrogen (secondary N) is 1. The van der Waals surface area contributed by atoms with Gasteiger partial charge in [0.25, 0.3) is 0 Å². The summed E-state index contributed by atoms with van der Waals surface area (Å²) in [6.07, 6.45) is 8.48. The van der Waals surface area contributed by atoms with Gasteiger partial charge in [0.05, 0.1) is 18.8 Å². The Bertz CT molecular complexity index is 1110. The molecule has 2 fully saturated rings. The van der Waals surface area contributed by atoms with Crippen LogP contribution in [0.15, 0.2) is 61.2 Å². The van der Waals surface area contributed by atoms with Crippen LogP contribution >= 0.6 is 0 Å². The lowest BCUT2D eigenvalue weighted by Gasteiger charge is -2.39. The Labute approximate surface area is 243 Å². The first-order valence-corrected chi connectivity index (χ1v) is 14.9. The molecule has 0 bridgehead atoms. The maximum atomic E-state index is 12.1. The highest BCUT2D eigenvalue weighted by Gasteiger charge is 2.34. The molecular formula is C33H44N2O6. The lowest BCUT2D eigenvalue weighted by molar-refractivity contribution is -0.253. The lowest BCUT2D eigenvalue weighted by Crippen LogP contribution is -2.43. The number of aliphatic hydroxyl groups excluding tert-OH is 1. The number of carbonyl (C=O) groups excluding carboxylic acids is 1. The van der Waals surface area contributed by atoms with Crippen molar-refractivity contribution in [2.45, 2.75) is 95.5 Å². The standard InChI is InChI=1S/C33H44N2O6/c1-2-19-35(28-7-3-4-8-28)22-29-20-30(26-15-13-25(23-36)14-16-26)41-33(40-29)27-17-11-24(12-18-27)21-34-31(37)9-5-6-10-32(38)39/h2,11-18,28-30,33,36H,1,3-10,19-23H2,(H,34,37)(H,38,39)/t29-,30+,33+/m1/s1. The highest BCUT2D eigenvalue weighted by Crippen LogP contribution is 2.38. The van der Waals surface area contributed by atoms with Gasteiger partial charge in [0, 0.05) is 50.5 Å². The number of hydrogen-bond donors (Lipinski definition) is 3. The minimum Gasteiger partial charge on any atom is -0.481 e. The van der Waals surface area contributed by atoms with Crippen molar-refractivity contribution < 1.29 is 29.3 Å². The Morgan fingerprint density at radius 1 is 0.951 bits per heavy atom. The minimum absolute atomic E-state index is 0.00952. The van der Waals surface area contributed by atoms with Crippen LogP contribution in [0.5, 0.6) is 0 Å². The van der Waals surface area contributed by atoms with Crippen LogP contribution in [0.4, 0.5) is 0 Å². The van der Waals surface area contributed by atoms with E-state index in [-0.39, 0.29) is 31.1 Å². The molecule has 1 saturated heterocycles. The number of aliphatic carboxylic acids is 1. The fraction of sp³-hybridized carbons (Fsp3) is 0.515. The molecule has 2 aromatic rings. The number of unbranched alkanes of at least 4 members (excludes halogenated alkanes) is 1. The van der Waals surface area contributed by atoms with E-state index in [1.807, 2.05) is 54.6 Å². The van der Waals surface area contributed by atoms with Crippen LogP contribution in [-0.4, -0.2) is 52.2 Å². The van der Waals surface area contributed by atoms with Crippen molar-refractivity contribution in [2.75, 3.05) is 13.1 Å². The Morgan fingerprint density at radius 3 is 2.27 bits per heavy atom. The number of hydrogen-bond acceptors (Lipinski definition) is 6. The zero-order valence-corrected chi connectivity index (χ0v) is 23.9. The highest BCUT2D eigenvalue weighted by atomic mass is 16.7. The molecule has 0 unspecified atom stereocenters. The Kier molecular flexibility index (Phi) is 11.9. The summed E-state index contributed by atoms with van der Waals surface area (Å²) in [6.45, 7) is 6.06. The van der Waals surface area contributed by atoms with Gasteiger partial charge in [-0.05, 0) is 42.4 Å². The molecule has 2 aromatic carbocycles. The number of ether oxygens (including phenoxy) is 2. The molecule has 8 heteroatoms. The third-order valence-corrected chi connectivity index (χ3v) is 8.04. The molecule has 1 amide bonds. The topological polar surface area (TPSA) is 108 Å². The minimum atomic E-state index is -0.837. The van der Waals surface area contributed by atoms with Crippen molar-refractivity contribution in [3.63, 3.8) is 0 Å². The monoisotopic (exact) mass is 564 g/mol. The number of carboxylic acid groups (broad SMARTS) is 1. The average molecular weight is 565 g/mol. The zero-order valence-electron chi connectivity index (χ0n) is 23.9. The molecule has 41 heavy (non-hydrogen) atoms. The van der Waals surface area contributed by atoms with Gasteiger partial charge in [-0.3, -0.25) is 14.5 Å². The number of carboxylic acids is 1. The third kappa shape index (κ3) is 9.50. The first-order valence-electron chi connectivity index (χ1n) is 14.9. The van der Waals surface area contributed by atoms with Crippen LogP contribution in [0.2, 0.25) is 0 Å². The summed E-state index contributed by atoms with van der Waals surface area (Å²) >= 11 is 0. The Morgan fingerprint density at radius 2 is 1.61 bits per heavy atom. The van der Waals surface area contributed by atoms with Crippen LogP contribution in [-0.2, 0) is 32.2 Å². The first kappa shape index (κ1) is 30.9. The molecule has 2 aliphatic rings. The molecule has 0 spiro atoms. The van der Waals surface area contributed by atoms with Crippen molar-refractivity contribution >= 4 is 11.9 Å². The SMILES string of the molecule is C=CCN(C[C@H]1C[C@@H](c2ccc(CO)cc2)O[C@@H](c2ccc(CNC(=O)CCCCC(=O)O)cc2)O1)C1CCCC1. The Hall–Kier alpha value is -3.04. The molecule has 222 valence electrons. The van der Waals surface area contributed by atoms with E-state index in [1.165, 1.54) is 25.7 Å². The van der Waals surface area contributed by atoms with Crippen LogP contribution in [0.1, 0.15) is 92.4 Å². The van der Waals surface area contributed by atoms with Gasteiger partial charge < -0.3 is 25.0 Å². The second kappa shape index (κ2) is 15.8. The second-order valence-corrected chi connectivity index (χ2v) is 11.2. The number of rotatable bonds is 15. The number of carbonyl (C=O) groups is 2. The number of benzene rings is 2. The molecule has 4 rings (SSSR count). The molecule has 1 heterocycles. The van der Waals surface area contributed by atoms with Crippen molar-refractivity contribution in [1.82, 2.24) is 10.2 Å². The summed E-state index contributed by atoms with van der Waals surface area (Å²) in [5, 5.41) is 21.1. The molecule has 0 aromatic heterocycles. The van der Waals surface area contributed by atoms with E-state index in [0.717, 1.165) is 41.8 Å². The van der Waals surface area contributed by atoms with Crippen LogP contribution in [0, 0.1) is 0 Å². The van der Waals surface area contributed by atoms with Gasteiger partial charge in [-0.2, -0.15) is 0 Å². The molecule has 3 N–H and O–H groups in total. The van der Waals surface area contributed by atoms with Crippen LogP contribution < -0.4 is 5.32 Å². The first-order chi connectivity index (χ1) is 19.9. The molecule has 1 saturated carbocycles. The fourth-order valence-corrected chi connectivity index (χ4v) is 5.75. The van der Waals surface area contributed by atoms with Crippen molar-refractivity contribution in [2.24, 2.45) is 0 Å². The highest BCUT2D eigenvalue weighted by molar-refractivity contribution is 5.75. The van der Waals surface area contributed by atoms with E-state index in [0.29, 0.717) is 31.8 Å². The summed E-state index contributed by atoms with van der Waals surface area (Å²) in [6, 6.07) is 16.4. The maximum Gasteiger partial charge on any atom is 0.303 e. The van der Waals surface area contributed by atoms with E-state index in [4.69, 9.17) is 14.6 Å². The van der Waals surface area contributed by atoms with E-state index in [1.54, 1.807) is 0 Å². The van der Waals surface area contributed by atoms with E-state index in [2.05, 4.69) is 16.8 Å². The van der Waals surface area contributed by atoms with Crippen LogP contribution in [0.25, 0.3) is 0 Å². The van der Waals surface area contributed by atoms with Gasteiger partial charge in [-0.25, -0.2) is 0 Å². The van der Waals surface area contributed by atoms with Gasteiger partial charge in [-0.1, -0.05) is 67.4 Å². The predicted molar refractivity (Wildman–Crippen MR) is 157 cm³/mol. The van der Waals surface area contributed by atoms with Gasteiger partial charge in [0.15, 0.2) is 6.29 Å². The smallest absolute Gasteiger partial charge is 0.303 e. The van der Waals surface area contributed by atoms with E-state index < -0.39 is 12.3 Å². The predicted octanol–water partition coefficient (Wildman–Crippen LogP) is 5.42. The summed E-state index contributed by atoms with van der Waals surface area (Å²) in [4.78, 5) is 25.3. The fourth-order valence-electron chi connectivity index (χ4n) is 5.75. The number of nitrogens with zero attached hydrogens (tertiary/aromatic N) is 1. The number of aliphatic hydroxyl groups is 1. The zero-order chi connectivity index (χ0) is 29.0. The lowest BCUT2D eigenvalue weighted by atomic mass is 9.99. The summed E-state index contributed by atoms with van der Waals surface area (Å²) in [7, 11) is 0. The maximum absolute atomic E-state index is 12.1. The molecule has 1 aliphatic carbocycles.